The Hall–Kier alpha value is -3.08. The minimum Gasteiger partial charge on any atom is -0.453 e. The standard InChI is InChI=1S/C21H13BrClFN4O/c22-16-5-4-12(8-18-15-2-1-3-17(26)20(15)28-27-18)19(24)21(16)29-14-7-11(10-25)6-13(23)9-14/h1-7,9H,8,26H2,(H,27,28). The van der Waals surface area contributed by atoms with Gasteiger partial charge in [0.2, 0.25) is 0 Å². The second kappa shape index (κ2) is 7.74. The van der Waals surface area contributed by atoms with Crippen molar-refractivity contribution in [2.75, 3.05) is 5.73 Å². The normalized spacial score (nSPS) is 10.8. The number of nitrogen functional groups attached to an aromatic ring is 1. The van der Waals surface area contributed by atoms with Gasteiger partial charge in [-0.1, -0.05) is 29.8 Å². The van der Waals surface area contributed by atoms with Gasteiger partial charge < -0.3 is 10.5 Å². The number of nitrogens with zero attached hydrogens (tertiary/aromatic N) is 2. The molecule has 0 bridgehead atoms. The fourth-order valence-corrected chi connectivity index (χ4v) is 3.65. The molecule has 4 aromatic rings. The van der Waals surface area contributed by atoms with Crippen LogP contribution in [0, 0.1) is 17.1 Å². The molecule has 3 N–H and O–H groups in total. The molecule has 0 aliphatic heterocycles. The number of aromatic amines is 1. The van der Waals surface area contributed by atoms with Gasteiger partial charge in [0.05, 0.1) is 33.0 Å². The molecule has 0 saturated heterocycles. The second-order valence-electron chi connectivity index (χ2n) is 6.36. The summed E-state index contributed by atoms with van der Waals surface area (Å²) in [4.78, 5) is 0. The van der Waals surface area contributed by atoms with Gasteiger partial charge in [-0.2, -0.15) is 10.4 Å². The van der Waals surface area contributed by atoms with E-state index in [4.69, 9.17) is 27.3 Å². The van der Waals surface area contributed by atoms with Crippen molar-refractivity contribution in [3.8, 4) is 17.6 Å². The van der Waals surface area contributed by atoms with Crippen LogP contribution in [0.2, 0.25) is 5.02 Å². The molecule has 0 radical (unpaired) electrons. The van der Waals surface area contributed by atoms with E-state index in [1.165, 1.54) is 18.2 Å². The molecule has 0 fully saturated rings. The first kappa shape index (κ1) is 19.2. The van der Waals surface area contributed by atoms with Gasteiger partial charge >= 0.3 is 0 Å². The first-order chi connectivity index (χ1) is 14.0. The molecule has 8 heteroatoms. The molecule has 0 aliphatic rings. The number of ether oxygens (including phenoxy) is 1. The maximum atomic E-state index is 15.3. The maximum absolute atomic E-state index is 15.3. The molecule has 0 atom stereocenters. The van der Waals surface area contributed by atoms with Gasteiger partial charge in [-0.3, -0.25) is 5.10 Å². The molecular weight excluding hydrogens is 459 g/mol. The number of benzene rings is 3. The predicted molar refractivity (Wildman–Crippen MR) is 114 cm³/mol. The van der Waals surface area contributed by atoms with Crippen molar-refractivity contribution >= 4 is 44.1 Å². The molecule has 0 amide bonds. The molecule has 5 nitrogen and oxygen atoms in total. The lowest BCUT2D eigenvalue weighted by molar-refractivity contribution is 0.436. The number of halogens is 3. The van der Waals surface area contributed by atoms with Crippen molar-refractivity contribution in [3.63, 3.8) is 0 Å². The second-order valence-corrected chi connectivity index (χ2v) is 7.65. The van der Waals surface area contributed by atoms with E-state index in [9.17, 15) is 0 Å². The summed E-state index contributed by atoms with van der Waals surface area (Å²) in [6.07, 6.45) is 0.248. The molecule has 3 aromatic carbocycles. The SMILES string of the molecule is N#Cc1cc(Cl)cc(Oc2c(Br)ccc(Cc3n[nH]c4c(N)cccc34)c2F)c1. The van der Waals surface area contributed by atoms with E-state index in [2.05, 4.69) is 26.1 Å². The summed E-state index contributed by atoms with van der Waals surface area (Å²) in [5, 5.41) is 17.4. The zero-order valence-corrected chi connectivity index (χ0v) is 17.2. The number of anilines is 1. The third-order valence-electron chi connectivity index (χ3n) is 4.42. The van der Waals surface area contributed by atoms with Gasteiger partial charge in [0.15, 0.2) is 11.6 Å². The van der Waals surface area contributed by atoms with E-state index >= 15 is 4.39 Å². The van der Waals surface area contributed by atoms with Crippen molar-refractivity contribution in [1.82, 2.24) is 10.2 Å². The number of aromatic nitrogens is 2. The van der Waals surface area contributed by atoms with Crippen LogP contribution in [-0.2, 0) is 6.42 Å². The summed E-state index contributed by atoms with van der Waals surface area (Å²) < 4.78 is 21.4. The number of para-hydroxylation sites is 1. The molecule has 29 heavy (non-hydrogen) atoms. The van der Waals surface area contributed by atoms with Gasteiger partial charge in [-0.25, -0.2) is 4.39 Å². The Morgan fingerprint density at radius 1 is 1.24 bits per heavy atom. The molecular formula is C21H13BrClFN4O. The summed E-state index contributed by atoms with van der Waals surface area (Å²) in [6, 6.07) is 15.4. The van der Waals surface area contributed by atoms with Gasteiger partial charge in [0.1, 0.15) is 5.75 Å². The quantitative estimate of drug-likeness (QED) is 0.360. The first-order valence-electron chi connectivity index (χ1n) is 8.53. The molecule has 1 heterocycles. The van der Waals surface area contributed by atoms with E-state index in [-0.39, 0.29) is 17.9 Å². The molecule has 0 spiro atoms. The average molecular weight is 472 g/mol. The Kier molecular flexibility index (Phi) is 5.14. The lowest BCUT2D eigenvalue weighted by Crippen LogP contribution is -1.98. The van der Waals surface area contributed by atoms with Crippen LogP contribution in [0.5, 0.6) is 11.5 Å². The number of H-pyrrole nitrogens is 1. The highest BCUT2D eigenvalue weighted by Crippen LogP contribution is 2.36. The van der Waals surface area contributed by atoms with Crippen LogP contribution in [0.1, 0.15) is 16.8 Å². The molecule has 1 aromatic heterocycles. The maximum Gasteiger partial charge on any atom is 0.177 e. The van der Waals surface area contributed by atoms with E-state index in [0.717, 1.165) is 10.9 Å². The highest BCUT2D eigenvalue weighted by Gasteiger charge is 2.18. The molecule has 0 aliphatic carbocycles. The Balaban J connectivity index is 1.71. The smallest absolute Gasteiger partial charge is 0.177 e. The highest BCUT2D eigenvalue weighted by molar-refractivity contribution is 9.10. The third kappa shape index (κ3) is 3.77. The number of fused-ring (bicyclic) bond motifs is 1. The molecule has 4 rings (SSSR count). The Morgan fingerprint density at radius 3 is 2.86 bits per heavy atom. The van der Waals surface area contributed by atoms with E-state index in [0.29, 0.717) is 32.0 Å². The highest BCUT2D eigenvalue weighted by atomic mass is 79.9. The summed E-state index contributed by atoms with van der Waals surface area (Å²) >= 11 is 9.33. The lowest BCUT2D eigenvalue weighted by Gasteiger charge is -2.12. The number of nitrogens with one attached hydrogen (secondary N) is 1. The fraction of sp³-hybridized carbons (Fsp3) is 0.0476. The summed E-state index contributed by atoms with van der Waals surface area (Å²) in [5.74, 6) is -0.255. The summed E-state index contributed by atoms with van der Waals surface area (Å²) in [7, 11) is 0. The van der Waals surface area contributed by atoms with Gasteiger partial charge in [-0.05, 0) is 51.8 Å². The summed E-state index contributed by atoms with van der Waals surface area (Å²) in [6.45, 7) is 0. The summed E-state index contributed by atoms with van der Waals surface area (Å²) in [5.41, 5.74) is 8.65. The van der Waals surface area contributed by atoms with Gasteiger partial charge in [0.25, 0.3) is 0 Å². The van der Waals surface area contributed by atoms with E-state index in [1.54, 1.807) is 18.2 Å². The largest absolute Gasteiger partial charge is 0.453 e. The van der Waals surface area contributed by atoms with Gasteiger partial charge in [0, 0.05) is 16.8 Å². The average Bonchev–Trinajstić information content (AvgIpc) is 3.11. The number of rotatable bonds is 4. The minimum absolute atomic E-state index is 0.00742. The monoisotopic (exact) mass is 470 g/mol. The lowest BCUT2D eigenvalue weighted by atomic mass is 10.1. The van der Waals surface area contributed by atoms with Crippen LogP contribution in [0.15, 0.2) is 53.0 Å². The first-order valence-corrected chi connectivity index (χ1v) is 9.70. The Morgan fingerprint density at radius 2 is 2.07 bits per heavy atom. The van der Waals surface area contributed by atoms with Crippen LogP contribution in [-0.4, -0.2) is 10.2 Å². The number of hydrogen-bond acceptors (Lipinski definition) is 4. The number of hydrogen-bond donors (Lipinski definition) is 2. The van der Waals surface area contributed by atoms with Crippen molar-refractivity contribution in [2.24, 2.45) is 0 Å². The van der Waals surface area contributed by atoms with Crippen LogP contribution >= 0.6 is 27.5 Å². The van der Waals surface area contributed by atoms with Crippen molar-refractivity contribution in [2.45, 2.75) is 6.42 Å². The fourth-order valence-electron chi connectivity index (χ4n) is 3.04. The van der Waals surface area contributed by atoms with Crippen molar-refractivity contribution < 1.29 is 9.13 Å². The minimum atomic E-state index is -0.530. The van der Waals surface area contributed by atoms with E-state index < -0.39 is 5.82 Å². The molecule has 144 valence electrons. The third-order valence-corrected chi connectivity index (χ3v) is 5.26. The topological polar surface area (TPSA) is 87.7 Å². The van der Waals surface area contributed by atoms with Crippen molar-refractivity contribution in [3.05, 3.63) is 80.7 Å². The van der Waals surface area contributed by atoms with Gasteiger partial charge in [-0.15, -0.1) is 0 Å². The zero-order chi connectivity index (χ0) is 20.5. The molecule has 0 unspecified atom stereocenters. The zero-order valence-electron chi connectivity index (χ0n) is 14.8. The van der Waals surface area contributed by atoms with Crippen LogP contribution in [0.25, 0.3) is 10.9 Å². The Labute approximate surface area is 179 Å². The molecule has 0 saturated carbocycles. The van der Waals surface area contributed by atoms with Crippen LogP contribution in [0.4, 0.5) is 10.1 Å². The van der Waals surface area contributed by atoms with E-state index in [1.807, 2.05) is 18.2 Å². The Bertz CT molecular complexity index is 1280. The van der Waals surface area contributed by atoms with Crippen LogP contribution < -0.4 is 10.5 Å². The van der Waals surface area contributed by atoms with Crippen molar-refractivity contribution in [1.29, 1.82) is 5.26 Å². The predicted octanol–water partition coefficient (Wildman–Crippen LogP) is 5.95. The number of nitrogens with two attached hydrogens (primary N) is 1. The van der Waals surface area contributed by atoms with Crippen LogP contribution in [0.3, 0.4) is 0 Å². The number of nitriles is 1.